The number of halogens is 2. The molecule has 24 heavy (non-hydrogen) atoms. The van der Waals surface area contributed by atoms with Crippen molar-refractivity contribution in [2.24, 2.45) is 0 Å². The Labute approximate surface area is 160 Å². The van der Waals surface area contributed by atoms with Gasteiger partial charge in [-0.2, -0.15) is 0 Å². The molecule has 4 unspecified atom stereocenters. The van der Waals surface area contributed by atoms with E-state index in [9.17, 15) is 20.4 Å². The van der Waals surface area contributed by atoms with Gasteiger partial charge in [-0.05, 0) is 27.7 Å². The average Bonchev–Trinajstić information content (AvgIpc) is 2.21. The first kappa shape index (κ1) is 29.1. The normalized spacial score (nSPS) is 21.2. The van der Waals surface area contributed by atoms with E-state index in [2.05, 4.69) is 0 Å². The molecule has 150 valence electrons. The molecule has 0 fully saturated rings. The largest absolute Gasteiger partial charge is 1.00 e. The molecule has 0 aliphatic carbocycles. The van der Waals surface area contributed by atoms with Crippen LogP contribution in [-0.2, 0) is 0 Å². The highest BCUT2D eigenvalue weighted by Crippen LogP contribution is 2.12. The third kappa shape index (κ3) is 13.6. The van der Waals surface area contributed by atoms with Crippen molar-refractivity contribution in [1.29, 1.82) is 0 Å². The molecule has 4 atom stereocenters. The van der Waals surface area contributed by atoms with E-state index in [-0.39, 0.29) is 24.8 Å². The fourth-order valence-electron chi connectivity index (χ4n) is 3.55. The van der Waals surface area contributed by atoms with Gasteiger partial charge in [0.05, 0.1) is 14.1 Å². The van der Waals surface area contributed by atoms with Crippen LogP contribution in [0.1, 0.15) is 27.7 Å². The summed E-state index contributed by atoms with van der Waals surface area (Å²) in [7, 11) is 4.07. The van der Waals surface area contributed by atoms with E-state index < -0.39 is 24.4 Å². The maximum Gasteiger partial charge on any atom is 0.128 e. The van der Waals surface area contributed by atoms with Gasteiger partial charge in [0.2, 0.25) is 0 Å². The highest BCUT2D eigenvalue weighted by Gasteiger charge is 2.32. The summed E-state index contributed by atoms with van der Waals surface area (Å²) in [6.07, 6.45) is -1.74. The van der Waals surface area contributed by atoms with Crippen LogP contribution in [-0.4, -0.2) is 107 Å². The van der Waals surface area contributed by atoms with Crippen LogP contribution >= 0.6 is 0 Å². The number of aliphatic hydroxyl groups excluding tert-OH is 4. The van der Waals surface area contributed by atoms with E-state index in [1.165, 1.54) is 0 Å². The van der Waals surface area contributed by atoms with Crippen LogP contribution in [0.25, 0.3) is 0 Å². The molecule has 0 amide bonds. The number of hydrogen-bond donors (Lipinski definition) is 4. The molecule has 0 aromatic rings. The highest BCUT2D eigenvalue weighted by atomic mass is 35.5. The fraction of sp³-hybridized carbons (Fsp3) is 1.00. The molecule has 0 rings (SSSR count). The van der Waals surface area contributed by atoms with Gasteiger partial charge in [-0.25, -0.2) is 0 Å². The molecule has 0 saturated heterocycles. The van der Waals surface area contributed by atoms with Gasteiger partial charge in [0.25, 0.3) is 0 Å². The molecule has 0 radical (unpaired) electrons. The van der Waals surface area contributed by atoms with E-state index >= 15 is 0 Å². The van der Waals surface area contributed by atoms with Gasteiger partial charge >= 0.3 is 0 Å². The van der Waals surface area contributed by atoms with Gasteiger partial charge in [0, 0.05) is 0 Å². The lowest BCUT2D eigenvalue weighted by Gasteiger charge is -2.42. The number of nitrogens with zero attached hydrogens (tertiary/aromatic N) is 2. The summed E-state index contributed by atoms with van der Waals surface area (Å²) in [5.74, 6) is 0. The molecule has 6 nitrogen and oxygen atoms in total. The first-order valence-electron chi connectivity index (χ1n) is 8.27. The molecule has 0 aromatic carbocycles. The van der Waals surface area contributed by atoms with Crippen molar-refractivity contribution in [3.05, 3.63) is 0 Å². The van der Waals surface area contributed by atoms with Gasteiger partial charge in [0.1, 0.15) is 63.7 Å². The molecule has 0 heterocycles. The van der Waals surface area contributed by atoms with Crippen LogP contribution in [0.15, 0.2) is 0 Å². The fourth-order valence-corrected chi connectivity index (χ4v) is 3.55. The van der Waals surface area contributed by atoms with Crippen LogP contribution < -0.4 is 24.8 Å². The minimum atomic E-state index is -0.434. The Balaban J connectivity index is -0.00000220. The molecule has 0 aliphatic heterocycles. The Morgan fingerprint density at radius 2 is 0.708 bits per heavy atom. The third-order valence-electron chi connectivity index (χ3n) is 4.00. The monoisotopic (exact) mass is 392 g/mol. The minimum absolute atomic E-state index is 0. The maximum absolute atomic E-state index is 9.74. The van der Waals surface area contributed by atoms with E-state index in [1.54, 1.807) is 27.7 Å². The second-order valence-corrected chi connectivity index (χ2v) is 7.81. The zero-order valence-electron chi connectivity index (χ0n) is 16.0. The van der Waals surface area contributed by atoms with Crippen molar-refractivity contribution in [2.75, 3.05) is 53.4 Å². The predicted octanol–water partition coefficient (Wildman–Crippen LogP) is -6.59. The van der Waals surface area contributed by atoms with Crippen molar-refractivity contribution in [3.63, 3.8) is 0 Å². The minimum Gasteiger partial charge on any atom is -1.00 e. The second kappa shape index (κ2) is 12.7. The van der Waals surface area contributed by atoms with Gasteiger partial charge in [-0.15, -0.1) is 0 Å². The maximum atomic E-state index is 9.74. The van der Waals surface area contributed by atoms with Crippen LogP contribution in [0.4, 0.5) is 0 Å². The van der Waals surface area contributed by atoms with Gasteiger partial charge in [-0.1, -0.05) is 0 Å². The molecular weight excluding hydrogens is 355 g/mol. The van der Waals surface area contributed by atoms with Gasteiger partial charge in [-0.3, -0.25) is 0 Å². The van der Waals surface area contributed by atoms with Crippen molar-refractivity contribution >= 4 is 0 Å². The number of aliphatic hydroxyl groups is 4. The molecule has 0 aromatic heterocycles. The average molecular weight is 393 g/mol. The molecule has 0 spiro atoms. The zero-order chi connectivity index (χ0) is 17.6. The Hall–Kier alpha value is 0.340. The first-order chi connectivity index (χ1) is 9.87. The van der Waals surface area contributed by atoms with Crippen LogP contribution in [0.5, 0.6) is 0 Å². The highest BCUT2D eigenvalue weighted by molar-refractivity contribution is 4.55. The molecule has 0 bridgehead atoms. The summed E-state index contributed by atoms with van der Waals surface area (Å²) < 4.78 is 1.14. The Morgan fingerprint density at radius 3 is 0.833 bits per heavy atom. The lowest BCUT2D eigenvalue weighted by molar-refractivity contribution is -0.968. The van der Waals surface area contributed by atoms with Crippen LogP contribution in [0.3, 0.4) is 0 Å². The summed E-state index contributed by atoms with van der Waals surface area (Å²) in [6, 6.07) is 0. The molecule has 8 heteroatoms. The van der Waals surface area contributed by atoms with Crippen molar-refractivity contribution in [3.8, 4) is 0 Å². The first-order valence-corrected chi connectivity index (χ1v) is 8.27. The van der Waals surface area contributed by atoms with Crippen LogP contribution in [0, 0.1) is 0 Å². The molecule has 4 N–H and O–H groups in total. The Morgan fingerprint density at radius 1 is 0.542 bits per heavy atom. The standard InChI is InChI=1S/C16H38N2O4.2ClH/c1-13(19)9-17(5,10-14(2)20)7-8-18(6,11-15(3)21)12-16(4)22;;/h13-16,19-22H,7-12H2,1-6H3;2*1H/q+2;;/p-2. The Bertz CT molecular complexity index is 266. The van der Waals surface area contributed by atoms with E-state index in [4.69, 9.17) is 0 Å². The predicted molar refractivity (Wildman–Crippen MR) is 88.3 cm³/mol. The van der Waals surface area contributed by atoms with E-state index in [0.29, 0.717) is 35.1 Å². The van der Waals surface area contributed by atoms with Gasteiger partial charge < -0.3 is 54.2 Å². The zero-order valence-corrected chi connectivity index (χ0v) is 17.5. The molecule has 0 saturated carbocycles. The number of rotatable bonds is 11. The molecular formula is C16H38Cl2N2O4. The van der Waals surface area contributed by atoms with Crippen molar-refractivity contribution in [2.45, 2.75) is 52.1 Å². The summed E-state index contributed by atoms with van der Waals surface area (Å²) >= 11 is 0. The summed E-state index contributed by atoms with van der Waals surface area (Å²) in [6.45, 7) is 10.9. The van der Waals surface area contributed by atoms with Crippen molar-refractivity contribution < 1.29 is 54.2 Å². The van der Waals surface area contributed by atoms with Gasteiger partial charge in [0.15, 0.2) is 0 Å². The van der Waals surface area contributed by atoms with E-state index in [0.717, 1.165) is 13.1 Å². The lowest BCUT2D eigenvalue weighted by atomic mass is 10.2. The lowest BCUT2D eigenvalue weighted by Crippen LogP contribution is -3.00. The van der Waals surface area contributed by atoms with Crippen molar-refractivity contribution in [1.82, 2.24) is 0 Å². The number of quaternary nitrogens is 2. The van der Waals surface area contributed by atoms with E-state index in [1.807, 2.05) is 14.1 Å². The summed E-state index contributed by atoms with van der Waals surface area (Å²) in [4.78, 5) is 0. The smallest absolute Gasteiger partial charge is 0.128 e. The Kier molecular flexibility index (Phi) is 15.4. The third-order valence-corrected chi connectivity index (χ3v) is 4.00. The second-order valence-electron chi connectivity index (χ2n) is 7.81. The number of likely N-dealkylation sites (N-methyl/N-ethyl adjacent to an activating group) is 2. The molecule has 0 aliphatic rings. The SMILES string of the molecule is CC(O)C[N+](C)(CC[N+](C)(CC(C)O)CC(C)O)CC(C)O.[Cl-].[Cl-]. The number of hydrogen-bond acceptors (Lipinski definition) is 4. The summed E-state index contributed by atoms with van der Waals surface area (Å²) in [5, 5.41) is 39.0. The topological polar surface area (TPSA) is 80.9 Å². The quantitative estimate of drug-likeness (QED) is 0.263. The van der Waals surface area contributed by atoms with Crippen LogP contribution in [0.2, 0.25) is 0 Å². The summed E-state index contributed by atoms with van der Waals surface area (Å²) in [5.41, 5.74) is 0.